The molecule has 0 bridgehead atoms. The van der Waals surface area contributed by atoms with Crippen molar-refractivity contribution in [2.75, 3.05) is 11.9 Å². The van der Waals surface area contributed by atoms with Gasteiger partial charge in [0.05, 0.1) is 13.0 Å². The molecule has 0 spiro atoms. The number of aliphatic hydroxyl groups excluding tert-OH is 1. The SMILES string of the molecule is C=CCOC(=O)CC[C@H](C)C(=O)NC(CC(N)=O)C(=O)Nc1ccc(CO)cc1. The van der Waals surface area contributed by atoms with Crippen LogP contribution >= 0.6 is 0 Å². The molecule has 0 fully saturated rings. The van der Waals surface area contributed by atoms with Crippen LogP contribution in [0.15, 0.2) is 36.9 Å². The van der Waals surface area contributed by atoms with Gasteiger partial charge in [0.15, 0.2) is 0 Å². The van der Waals surface area contributed by atoms with Gasteiger partial charge in [-0.15, -0.1) is 0 Å². The summed E-state index contributed by atoms with van der Waals surface area (Å²) in [5.41, 5.74) is 6.30. The van der Waals surface area contributed by atoms with E-state index in [1.807, 2.05) is 0 Å². The molecular weight excluding hydrogens is 378 g/mol. The number of carbonyl (C=O) groups is 4. The molecule has 1 unspecified atom stereocenters. The van der Waals surface area contributed by atoms with Crippen LogP contribution in [0.5, 0.6) is 0 Å². The van der Waals surface area contributed by atoms with E-state index in [-0.39, 0.29) is 32.5 Å². The molecule has 9 nitrogen and oxygen atoms in total. The summed E-state index contributed by atoms with van der Waals surface area (Å²) in [6, 6.07) is 5.27. The molecule has 0 saturated heterocycles. The van der Waals surface area contributed by atoms with E-state index in [9.17, 15) is 19.2 Å². The summed E-state index contributed by atoms with van der Waals surface area (Å²) in [5, 5.41) is 14.1. The fourth-order valence-electron chi connectivity index (χ4n) is 2.34. The van der Waals surface area contributed by atoms with Gasteiger partial charge < -0.3 is 26.2 Å². The monoisotopic (exact) mass is 405 g/mol. The van der Waals surface area contributed by atoms with Crippen LogP contribution in [0.1, 0.15) is 31.7 Å². The lowest BCUT2D eigenvalue weighted by Gasteiger charge is -2.20. The van der Waals surface area contributed by atoms with Crippen molar-refractivity contribution in [1.29, 1.82) is 0 Å². The summed E-state index contributed by atoms with van der Waals surface area (Å²) in [7, 11) is 0. The Labute approximate surface area is 169 Å². The Morgan fingerprint density at radius 1 is 1.21 bits per heavy atom. The Kier molecular flexibility index (Phi) is 10.1. The minimum Gasteiger partial charge on any atom is -0.461 e. The Morgan fingerprint density at radius 2 is 1.86 bits per heavy atom. The second-order valence-corrected chi connectivity index (χ2v) is 6.49. The Bertz CT molecular complexity index is 732. The first kappa shape index (κ1) is 23.8. The quantitative estimate of drug-likeness (QED) is 0.296. The van der Waals surface area contributed by atoms with Crippen LogP contribution < -0.4 is 16.4 Å². The molecule has 0 heterocycles. The summed E-state index contributed by atoms with van der Waals surface area (Å²) >= 11 is 0. The molecule has 0 aromatic heterocycles. The molecule has 5 N–H and O–H groups in total. The number of nitrogens with two attached hydrogens (primary N) is 1. The number of rotatable bonds is 12. The number of carbonyl (C=O) groups excluding carboxylic acids is 4. The number of anilines is 1. The van der Waals surface area contributed by atoms with Gasteiger partial charge in [-0.05, 0) is 24.1 Å². The normalized spacial score (nSPS) is 12.3. The highest BCUT2D eigenvalue weighted by Gasteiger charge is 2.25. The third-order valence-corrected chi connectivity index (χ3v) is 4.03. The van der Waals surface area contributed by atoms with Gasteiger partial charge in [0.25, 0.3) is 0 Å². The van der Waals surface area contributed by atoms with Crippen molar-refractivity contribution < 1.29 is 29.0 Å². The first-order chi connectivity index (χ1) is 13.8. The first-order valence-corrected chi connectivity index (χ1v) is 9.12. The molecule has 9 heteroatoms. The first-order valence-electron chi connectivity index (χ1n) is 9.12. The Balaban J connectivity index is 2.67. The van der Waals surface area contributed by atoms with E-state index >= 15 is 0 Å². The van der Waals surface area contributed by atoms with Gasteiger partial charge in [0.1, 0.15) is 12.6 Å². The highest BCUT2D eigenvalue weighted by atomic mass is 16.5. The van der Waals surface area contributed by atoms with Crippen molar-refractivity contribution in [3.63, 3.8) is 0 Å². The Hall–Kier alpha value is -3.20. The van der Waals surface area contributed by atoms with E-state index in [0.717, 1.165) is 0 Å². The van der Waals surface area contributed by atoms with Crippen molar-refractivity contribution in [1.82, 2.24) is 5.32 Å². The number of hydrogen-bond acceptors (Lipinski definition) is 6. The molecule has 0 aliphatic rings. The molecule has 0 aliphatic carbocycles. The zero-order chi connectivity index (χ0) is 21.8. The van der Waals surface area contributed by atoms with Gasteiger partial charge in [-0.25, -0.2) is 0 Å². The zero-order valence-corrected chi connectivity index (χ0v) is 16.3. The number of benzene rings is 1. The van der Waals surface area contributed by atoms with Crippen LogP contribution in [0.3, 0.4) is 0 Å². The van der Waals surface area contributed by atoms with Crippen LogP contribution in [0.25, 0.3) is 0 Å². The average molecular weight is 405 g/mol. The van der Waals surface area contributed by atoms with Gasteiger partial charge in [-0.1, -0.05) is 31.7 Å². The van der Waals surface area contributed by atoms with Crippen molar-refractivity contribution in [3.05, 3.63) is 42.5 Å². The van der Waals surface area contributed by atoms with Crippen molar-refractivity contribution in [2.45, 2.75) is 38.8 Å². The third-order valence-electron chi connectivity index (χ3n) is 4.03. The van der Waals surface area contributed by atoms with E-state index in [4.69, 9.17) is 15.6 Å². The molecule has 2 atom stereocenters. The molecule has 1 aromatic rings. The highest BCUT2D eigenvalue weighted by Crippen LogP contribution is 2.12. The average Bonchev–Trinajstić information content (AvgIpc) is 2.69. The molecule has 0 radical (unpaired) electrons. The number of ether oxygens (including phenoxy) is 1. The molecular formula is C20H27N3O6. The van der Waals surface area contributed by atoms with Gasteiger partial charge in [0, 0.05) is 18.0 Å². The van der Waals surface area contributed by atoms with E-state index in [0.29, 0.717) is 11.3 Å². The molecule has 1 rings (SSSR count). The number of nitrogens with one attached hydrogen (secondary N) is 2. The number of esters is 1. The lowest BCUT2D eigenvalue weighted by atomic mass is 10.0. The predicted octanol–water partition coefficient (Wildman–Crippen LogP) is 0.623. The maximum atomic E-state index is 12.5. The van der Waals surface area contributed by atoms with E-state index in [1.54, 1.807) is 31.2 Å². The van der Waals surface area contributed by atoms with Crippen LogP contribution in [0, 0.1) is 5.92 Å². The number of primary amides is 1. The van der Waals surface area contributed by atoms with Crippen LogP contribution in [-0.2, 0) is 30.5 Å². The highest BCUT2D eigenvalue weighted by molar-refractivity contribution is 5.99. The predicted molar refractivity (Wildman–Crippen MR) is 106 cm³/mol. The maximum absolute atomic E-state index is 12.5. The minimum absolute atomic E-state index is 0.0340. The van der Waals surface area contributed by atoms with Crippen molar-refractivity contribution >= 4 is 29.4 Å². The summed E-state index contributed by atoms with van der Waals surface area (Å²) in [6.07, 6.45) is 1.32. The second-order valence-electron chi connectivity index (χ2n) is 6.49. The lowest BCUT2D eigenvalue weighted by molar-refractivity contribution is -0.143. The molecule has 1 aromatic carbocycles. The van der Waals surface area contributed by atoms with E-state index in [1.165, 1.54) is 6.08 Å². The minimum atomic E-state index is -1.16. The number of hydrogen-bond donors (Lipinski definition) is 4. The topological polar surface area (TPSA) is 148 Å². The summed E-state index contributed by atoms with van der Waals surface area (Å²) in [4.78, 5) is 47.7. The van der Waals surface area contributed by atoms with Crippen LogP contribution in [0.2, 0.25) is 0 Å². The van der Waals surface area contributed by atoms with E-state index < -0.39 is 35.7 Å². The van der Waals surface area contributed by atoms with E-state index in [2.05, 4.69) is 17.2 Å². The number of amides is 3. The van der Waals surface area contributed by atoms with Gasteiger partial charge >= 0.3 is 5.97 Å². The molecule has 0 aliphatic heterocycles. The molecule has 3 amide bonds. The summed E-state index contributed by atoms with van der Waals surface area (Å²) in [5.74, 6) is -2.88. The van der Waals surface area contributed by atoms with Crippen molar-refractivity contribution in [3.8, 4) is 0 Å². The summed E-state index contributed by atoms with van der Waals surface area (Å²) < 4.78 is 4.85. The fraction of sp³-hybridized carbons (Fsp3) is 0.400. The van der Waals surface area contributed by atoms with Gasteiger partial charge in [-0.2, -0.15) is 0 Å². The maximum Gasteiger partial charge on any atom is 0.306 e. The Morgan fingerprint density at radius 3 is 2.41 bits per heavy atom. The smallest absolute Gasteiger partial charge is 0.306 e. The standard InChI is InChI=1S/C20H27N3O6/c1-3-10-29-18(26)9-4-13(2)19(27)23-16(11-17(21)25)20(28)22-15-7-5-14(12-24)6-8-15/h3,5-8,13,16,24H,1,4,9-12H2,2H3,(H2,21,25)(H,22,28)(H,23,27)/t13-,16?/m0/s1. The second kappa shape index (κ2) is 12.3. The summed E-state index contributed by atoms with van der Waals surface area (Å²) in [6.45, 7) is 5.00. The van der Waals surface area contributed by atoms with Gasteiger partial charge in [0.2, 0.25) is 17.7 Å². The van der Waals surface area contributed by atoms with Gasteiger partial charge in [-0.3, -0.25) is 19.2 Å². The molecule has 0 saturated carbocycles. The van der Waals surface area contributed by atoms with Crippen LogP contribution in [0.4, 0.5) is 5.69 Å². The lowest BCUT2D eigenvalue weighted by Crippen LogP contribution is -2.47. The number of aliphatic hydroxyl groups is 1. The van der Waals surface area contributed by atoms with Crippen molar-refractivity contribution in [2.24, 2.45) is 11.7 Å². The third kappa shape index (κ3) is 9.02. The molecule has 158 valence electrons. The fourth-order valence-corrected chi connectivity index (χ4v) is 2.34. The largest absolute Gasteiger partial charge is 0.461 e. The zero-order valence-electron chi connectivity index (χ0n) is 16.3. The van der Waals surface area contributed by atoms with Crippen LogP contribution in [-0.4, -0.2) is 41.4 Å². The molecule has 29 heavy (non-hydrogen) atoms.